The molecule has 2 N–H and O–H groups in total. The number of hydrogen-bond donors (Lipinski definition) is 2. The highest BCUT2D eigenvalue weighted by molar-refractivity contribution is 9.10. The van der Waals surface area contributed by atoms with Gasteiger partial charge in [0.2, 0.25) is 5.91 Å². The standard InChI is InChI=1S/C28H23BrClFN4O2S/c1-15(2)27(36)33-21-9-7-17(14-20(21)30)35-26(25(34-28(35)38)22-5-3-4-12-32-22)24-11-10-23(37-24)18-8-6-16(31)13-19(18)29/h3-15,25-26H,1-2H3,(H,33,36)(H,34,38)/t25-,26-/m0/s1. The monoisotopic (exact) mass is 612 g/mol. The van der Waals surface area contributed by atoms with E-state index in [1.807, 2.05) is 55.1 Å². The zero-order valence-electron chi connectivity index (χ0n) is 20.4. The molecule has 6 nitrogen and oxygen atoms in total. The molecule has 1 aliphatic heterocycles. The van der Waals surface area contributed by atoms with E-state index in [-0.39, 0.29) is 23.7 Å². The van der Waals surface area contributed by atoms with E-state index < -0.39 is 6.04 Å². The summed E-state index contributed by atoms with van der Waals surface area (Å²) in [5.74, 6) is 0.561. The van der Waals surface area contributed by atoms with E-state index in [1.165, 1.54) is 12.1 Å². The lowest BCUT2D eigenvalue weighted by Crippen LogP contribution is -2.29. The third kappa shape index (κ3) is 5.18. The summed E-state index contributed by atoms with van der Waals surface area (Å²) in [5.41, 5.74) is 2.75. The van der Waals surface area contributed by atoms with Crippen LogP contribution in [0.4, 0.5) is 15.8 Å². The van der Waals surface area contributed by atoms with E-state index >= 15 is 0 Å². The van der Waals surface area contributed by atoms with Gasteiger partial charge in [0, 0.05) is 27.8 Å². The summed E-state index contributed by atoms with van der Waals surface area (Å²) in [7, 11) is 0. The van der Waals surface area contributed by atoms with Crippen LogP contribution in [0, 0.1) is 11.7 Å². The molecule has 0 spiro atoms. The second-order valence-corrected chi connectivity index (χ2v) is 10.8. The topological polar surface area (TPSA) is 70.4 Å². The van der Waals surface area contributed by atoms with Crippen molar-refractivity contribution in [3.05, 3.63) is 99.7 Å². The van der Waals surface area contributed by atoms with Crippen LogP contribution in [0.1, 0.15) is 37.4 Å². The van der Waals surface area contributed by atoms with Crippen molar-refractivity contribution in [3.63, 3.8) is 0 Å². The molecule has 2 atom stereocenters. The Bertz CT molecular complexity index is 1510. The number of nitrogens with one attached hydrogen (secondary N) is 2. The first-order valence-electron chi connectivity index (χ1n) is 11.9. The Hall–Kier alpha value is -3.27. The van der Waals surface area contributed by atoms with E-state index in [9.17, 15) is 9.18 Å². The minimum Gasteiger partial charge on any atom is -0.459 e. The fraction of sp³-hybridized carbons (Fsp3) is 0.179. The van der Waals surface area contributed by atoms with Crippen molar-refractivity contribution in [2.75, 3.05) is 10.2 Å². The molecule has 1 fully saturated rings. The Labute approximate surface area is 238 Å². The number of nitrogens with zero attached hydrogens (tertiary/aromatic N) is 2. The quantitative estimate of drug-likeness (QED) is 0.218. The number of halogens is 3. The van der Waals surface area contributed by atoms with E-state index in [1.54, 1.807) is 24.4 Å². The maximum Gasteiger partial charge on any atom is 0.226 e. The van der Waals surface area contributed by atoms with Gasteiger partial charge in [0.05, 0.1) is 22.4 Å². The van der Waals surface area contributed by atoms with Crippen LogP contribution in [0.5, 0.6) is 0 Å². The second kappa shape index (κ2) is 10.8. The highest BCUT2D eigenvalue weighted by atomic mass is 79.9. The lowest BCUT2D eigenvalue weighted by Gasteiger charge is -2.26. The largest absolute Gasteiger partial charge is 0.459 e. The van der Waals surface area contributed by atoms with E-state index in [0.29, 0.717) is 31.8 Å². The number of rotatable bonds is 6. The molecule has 0 aliphatic carbocycles. The molecule has 0 bridgehead atoms. The molecule has 5 rings (SSSR count). The van der Waals surface area contributed by atoms with Crippen molar-refractivity contribution in [1.29, 1.82) is 0 Å². The highest BCUT2D eigenvalue weighted by Gasteiger charge is 2.42. The van der Waals surface area contributed by atoms with Crippen LogP contribution in [0.25, 0.3) is 11.3 Å². The number of carbonyl (C=O) groups is 1. The van der Waals surface area contributed by atoms with Gasteiger partial charge >= 0.3 is 0 Å². The van der Waals surface area contributed by atoms with E-state index in [2.05, 4.69) is 31.5 Å². The Morgan fingerprint density at radius 3 is 2.68 bits per heavy atom. The number of carbonyl (C=O) groups excluding carboxylic acids is 1. The molecule has 2 aromatic heterocycles. The van der Waals surface area contributed by atoms with Crippen LogP contribution < -0.4 is 15.5 Å². The van der Waals surface area contributed by atoms with Gasteiger partial charge in [-0.1, -0.05) is 31.5 Å². The van der Waals surface area contributed by atoms with Crippen LogP contribution in [-0.4, -0.2) is 16.0 Å². The SMILES string of the molecule is CC(C)C(=O)Nc1ccc(N2C(=S)N[C@@H](c3ccccn3)[C@@H]2c2ccc(-c3ccc(F)cc3Br)o2)cc1Cl. The molecule has 2 aromatic carbocycles. The highest BCUT2D eigenvalue weighted by Crippen LogP contribution is 2.44. The van der Waals surface area contributed by atoms with Crippen molar-refractivity contribution in [2.24, 2.45) is 5.92 Å². The summed E-state index contributed by atoms with van der Waals surface area (Å²) in [6.07, 6.45) is 1.73. The first kappa shape index (κ1) is 26.3. The van der Waals surface area contributed by atoms with Crippen LogP contribution in [0.3, 0.4) is 0 Å². The number of benzene rings is 2. The molecule has 3 heterocycles. The fourth-order valence-corrected chi connectivity index (χ4v) is 5.41. The third-order valence-corrected chi connectivity index (χ3v) is 7.51. The average Bonchev–Trinajstić information content (AvgIpc) is 3.50. The molecule has 38 heavy (non-hydrogen) atoms. The van der Waals surface area contributed by atoms with Crippen molar-refractivity contribution >= 4 is 62.1 Å². The Balaban J connectivity index is 1.56. The predicted molar refractivity (Wildman–Crippen MR) is 155 cm³/mol. The second-order valence-electron chi connectivity index (χ2n) is 9.13. The summed E-state index contributed by atoms with van der Waals surface area (Å²) in [6.45, 7) is 3.63. The van der Waals surface area contributed by atoms with Crippen molar-refractivity contribution < 1.29 is 13.6 Å². The normalized spacial score (nSPS) is 17.1. The van der Waals surface area contributed by atoms with Crippen LogP contribution in [0.2, 0.25) is 5.02 Å². The van der Waals surface area contributed by atoms with Crippen molar-refractivity contribution in [1.82, 2.24) is 10.3 Å². The molecule has 0 unspecified atom stereocenters. The van der Waals surface area contributed by atoms with Crippen molar-refractivity contribution in [2.45, 2.75) is 25.9 Å². The predicted octanol–water partition coefficient (Wildman–Crippen LogP) is 7.67. The maximum absolute atomic E-state index is 13.7. The molecule has 4 aromatic rings. The number of thiocarbonyl (C=S) groups is 1. The first-order valence-corrected chi connectivity index (χ1v) is 13.5. The number of pyridine rings is 1. The van der Waals surface area contributed by atoms with Gasteiger partial charge in [-0.3, -0.25) is 9.78 Å². The van der Waals surface area contributed by atoms with Gasteiger partial charge in [0.1, 0.15) is 23.4 Å². The molecule has 194 valence electrons. The van der Waals surface area contributed by atoms with Gasteiger partial charge < -0.3 is 20.0 Å². The van der Waals surface area contributed by atoms with E-state index in [4.69, 9.17) is 28.2 Å². The molecule has 1 aliphatic rings. The zero-order valence-corrected chi connectivity index (χ0v) is 23.6. The Morgan fingerprint density at radius 2 is 2.00 bits per heavy atom. The molecule has 1 saturated heterocycles. The van der Waals surface area contributed by atoms with E-state index in [0.717, 1.165) is 16.9 Å². The zero-order chi connectivity index (χ0) is 27.0. The van der Waals surface area contributed by atoms with Gasteiger partial charge in [0.25, 0.3) is 0 Å². The summed E-state index contributed by atoms with van der Waals surface area (Å²) >= 11 is 15.8. The molecule has 0 radical (unpaired) electrons. The van der Waals surface area contributed by atoms with Crippen LogP contribution >= 0.6 is 39.7 Å². The molecular formula is C28H23BrClFN4O2S. The summed E-state index contributed by atoms with van der Waals surface area (Å²) in [4.78, 5) is 18.7. The molecular weight excluding hydrogens is 591 g/mol. The lowest BCUT2D eigenvalue weighted by molar-refractivity contribution is -0.118. The fourth-order valence-electron chi connectivity index (χ4n) is 4.30. The molecule has 0 saturated carbocycles. The average molecular weight is 614 g/mol. The Morgan fingerprint density at radius 1 is 1.18 bits per heavy atom. The number of aromatic nitrogens is 1. The van der Waals surface area contributed by atoms with Gasteiger partial charge in [-0.2, -0.15) is 0 Å². The lowest BCUT2D eigenvalue weighted by atomic mass is 10.0. The van der Waals surface area contributed by atoms with Gasteiger partial charge in [0.15, 0.2) is 5.11 Å². The number of hydrogen-bond acceptors (Lipinski definition) is 4. The molecule has 10 heteroatoms. The molecule has 1 amide bonds. The summed E-state index contributed by atoms with van der Waals surface area (Å²) in [6, 6.07) is 18.5. The first-order chi connectivity index (χ1) is 18.2. The number of amides is 1. The number of anilines is 2. The maximum atomic E-state index is 13.7. The van der Waals surface area contributed by atoms with Crippen LogP contribution in [-0.2, 0) is 4.79 Å². The minimum absolute atomic E-state index is 0.124. The van der Waals surface area contributed by atoms with Gasteiger partial charge in [-0.15, -0.1) is 0 Å². The van der Waals surface area contributed by atoms with Crippen molar-refractivity contribution in [3.8, 4) is 11.3 Å². The Kier molecular flexibility index (Phi) is 7.52. The van der Waals surface area contributed by atoms with Gasteiger partial charge in [-0.25, -0.2) is 4.39 Å². The van der Waals surface area contributed by atoms with Crippen LogP contribution in [0.15, 0.2) is 81.8 Å². The smallest absolute Gasteiger partial charge is 0.226 e. The minimum atomic E-state index is -0.405. The summed E-state index contributed by atoms with van der Waals surface area (Å²) in [5, 5.41) is 7.09. The third-order valence-electron chi connectivity index (χ3n) is 6.23. The van der Waals surface area contributed by atoms with Gasteiger partial charge in [-0.05, 0) is 88.8 Å². The number of furan rings is 1. The summed E-state index contributed by atoms with van der Waals surface area (Å²) < 4.78 is 20.6.